The molecule has 2 atom stereocenters. The fourth-order valence-corrected chi connectivity index (χ4v) is 3.78. The van der Waals surface area contributed by atoms with Gasteiger partial charge in [-0.1, -0.05) is 13.8 Å². The topological polar surface area (TPSA) is 42.2 Å². The molecule has 4 heteroatoms. The maximum Gasteiger partial charge on any atom is 0.133 e. The van der Waals surface area contributed by atoms with Gasteiger partial charge in [0.1, 0.15) is 5.82 Å². The third kappa shape index (κ3) is 2.75. The summed E-state index contributed by atoms with van der Waals surface area (Å²) in [6, 6.07) is 2.04. The smallest absolute Gasteiger partial charge is 0.133 e. The SMILES string of the molecule is Cc1ccnc(N2CC(C)SC(C)C2)c1CN. The second kappa shape index (κ2) is 5.27. The molecular weight excluding hydrogens is 230 g/mol. The van der Waals surface area contributed by atoms with Crippen molar-refractivity contribution in [1.29, 1.82) is 0 Å². The van der Waals surface area contributed by atoms with E-state index in [-0.39, 0.29) is 0 Å². The molecule has 1 aromatic heterocycles. The molecule has 1 saturated heterocycles. The molecule has 2 rings (SSSR count). The Kier molecular flexibility index (Phi) is 3.94. The number of nitrogens with zero attached hydrogens (tertiary/aromatic N) is 2. The zero-order chi connectivity index (χ0) is 12.4. The first kappa shape index (κ1) is 12.7. The van der Waals surface area contributed by atoms with Gasteiger partial charge in [-0.3, -0.25) is 0 Å². The van der Waals surface area contributed by atoms with Crippen LogP contribution in [0.25, 0.3) is 0 Å². The zero-order valence-corrected chi connectivity index (χ0v) is 11.6. The average Bonchev–Trinajstić information content (AvgIpc) is 2.27. The zero-order valence-electron chi connectivity index (χ0n) is 10.8. The molecule has 1 aliphatic heterocycles. The summed E-state index contributed by atoms with van der Waals surface area (Å²) in [5.74, 6) is 1.09. The number of pyridine rings is 1. The lowest BCUT2D eigenvalue weighted by Crippen LogP contribution is -2.41. The Bertz CT molecular complexity index is 384. The molecule has 17 heavy (non-hydrogen) atoms. The molecule has 0 saturated carbocycles. The highest BCUT2D eigenvalue weighted by Gasteiger charge is 2.24. The minimum Gasteiger partial charge on any atom is -0.354 e. The van der Waals surface area contributed by atoms with Crippen molar-refractivity contribution in [2.75, 3.05) is 18.0 Å². The Morgan fingerprint density at radius 1 is 1.41 bits per heavy atom. The molecule has 0 spiro atoms. The summed E-state index contributed by atoms with van der Waals surface area (Å²) >= 11 is 2.06. The van der Waals surface area contributed by atoms with E-state index in [1.165, 1.54) is 11.1 Å². The van der Waals surface area contributed by atoms with Crippen molar-refractivity contribution in [3.8, 4) is 0 Å². The van der Waals surface area contributed by atoms with E-state index >= 15 is 0 Å². The fraction of sp³-hybridized carbons (Fsp3) is 0.615. The first-order valence-electron chi connectivity index (χ1n) is 6.16. The number of hydrogen-bond acceptors (Lipinski definition) is 4. The molecule has 0 aromatic carbocycles. The van der Waals surface area contributed by atoms with Gasteiger partial charge in [0, 0.05) is 41.9 Å². The third-order valence-electron chi connectivity index (χ3n) is 3.19. The number of nitrogens with two attached hydrogens (primary N) is 1. The van der Waals surface area contributed by atoms with Crippen LogP contribution in [0.15, 0.2) is 12.3 Å². The predicted molar refractivity (Wildman–Crippen MR) is 75.6 cm³/mol. The summed E-state index contributed by atoms with van der Waals surface area (Å²) in [7, 11) is 0. The molecule has 94 valence electrons. The van der Waals surface area contributed by atoms with Crippen LogP contribution in [-0.2, 0) is 6.54 Å². The second-order valence-corrected chi connectivity index (χ2v) is 6.68. The maximum atomic E-state index is 5.86. The maximum absolute atomic E-state index is 5.86. The van der Waals surface area contributed by atoms with Crippen LogP contribution in [0.3, 0.4) is 0 Å². The molecule has 0 bridgehead atoms. The Labute approximate surface area is 108 Å². The molecule has 0 aliphatic carbocycles. The van der Waals surface area contributed by atoms with Crippen LogP contribution in [0.2, 0.25) is 0 Å². The summed E-state index contributed by atoms with van der Waals surface area (Å²) in [4.78, 5) is 6.93. The summed E-state index contributed by atoms with van der Waals surface area (Å²) in [5, 5.41) is 1.32. The van der Waals surface area contributed by atoms with Crippen LogP contribution >= 0.6 is 11.8 Å². The van der Waals surface area contributed by atoms with Crippen LogP contribution < -0.4 is 10.6 Å². The molecule has 3 nitrogen and oxygen atoms in total. The van der Waals surface area contributed by atoms with E-state index in [2.05, 4.69) is 42.4 Å². The van der Waals surface area contributed by atoms with E-state index in [9.17, 15) is 0 Å². The molecule has 2 unspecified atom stereocenters. The second-order valence-electron chi connectivity index (χ2n) is 4.80. The van der Waals surface area contributed by atoms with Crippen molar-refractivity contribution in [3.05, 3.63) is 23.4 Å². The lowest BCUT2D eigenvalue weighted by molar-refractivity contribution is 0.712. The van der Waals surface area contributed by atoms with Crippen molar-refractivity contribution < 1.29 is 0 Å². The third-order valence-corrected chi connectivity index (χ3v) is 4.42. The van der Waals surface area contributed by atoms with Crippen molar-refractivity contribution in [1.82, 2.24) is 4.98 Å². The van der Waals surface area contributed by atoms with E-state index in [4.69, 9.17) is 5.73 Å². The van der Waals surface area contributed by atoms with Crippen molar-refractivity contribution in [3.63, 3.8) is 0 Å². The molecule has 1 fully saturated rings. The Morgan fingerprint density at radius 2 is 2.06 bits per heavy atom. The predicted octanol–water partition coefficient (Wildman–Crippen LogP) is 2.18. The van der Waals surface area contributed by atoms with Gasteiger partial charge in [0.2, 0.25) is 0 Å². The van der Waals surface area contributed by atoms with Gasteiger partial charge >= 0.3 is 0 Å². The Hall–Kier alpha value is -0.740. The quantitative estimate of drug-likeness (QED) is 0.875. The highest BCUT2D eigenvalue weighted by molar-refractivity contribution is 8.00. The van der Waals surface area contributed by atoms with E-state index in [0.29, 0.717) is 17.0 Å². The van der Waals surface area contributed by atoms with Gasteiger partial charge in [-0.15, -0.1) is 0 Å². The summed E-state index contributed by atoms with van der Waals surface area (Å²) in [5.41, 5.74) is 8.30. The van der Waals surface area contributed by atoms with Crippen LogP contribution in [-0.4, -0.2) is 28.6 Å². The van der Waals surface area contributed by atoms with Crippen LogP contribution in [0.4, 0.5) is 5.82 Å². The highest BCUT2D eigenvalue weighted by atomic mass is 32.2. The van der Waals surface area contributed by atoms with Crippen LogP contribution in [0.1, 0.15) is 25.0 Å². The molecule has 0 amide bonds. The number of anilines is 1. The lowest BCUT2D eigenvalue weighted by atomic mass is 10.1. The van der Waals surface area contributed by atoms with Crippen molar-refractivity contribution >= 4 is 17.6 Å². The molecule has 2 heterocycles. The lowest BCUT2D eigenvalue weighted by Gasteiger charge is -2.36. The Balaban J connectivity index is 2.30. The van der Waals surface area contributed by atoms with Crippen molar-refractivity contribution in [2.45, 2.75) is 37.8 Å². The minimum atomic E-state index is 0.571. The number of aryl methyl sites for hydroxylation is 1. The van der Waals surface area contributed by atoms with Gasteiger partial charge in [0.05, 0.1) is 0 Å². The van der Waals surface area contributed by atoms with E-state index in [1.807, 2.05) is 12.3 Å². The van der Waals surface area contributed by atoms with E-state index in [1.54, 1.807) is 0 Å². The molecule has 0 radical (unpaired) electrons. The van der Waals surface area contributed by atoms with Gasteiger partial charge < -0.3 is 10.6 Å². The fourth-order valence-electron chi connectivity index (χ4n) is 2.45. The van der Waals surface area contributed by atoms with Crippen LogP contribution in [0, 0.1) is 6.92 Å². The average molecular weight is 251 g/mol. The Morgan fingerprint density at radius 3 is 2.65 bits per heavy atom. The molecular formula is C13H21N3S. The first-order valence-corrected chi connectivity index (χ1v) is 7.11. The first-order chi connectivity index (χ1) is 8.11. The number of aromatic nitrogens is 1. The van der Waals surface area contributed by atoms with Gasteiger partial charge in [0.15, 0.2) is 0 Å². The molecule has 2 N–H and O–H groups in total. The number of hydrogen-bond donors (Lipinski definition) is 1. The number of thioether (sulfide) groups is 1. The van der Waals surface area contributed by atoms with Gasteiger partial charge in [-0.05, 0) is 18.6 Å². The summed E-state index contributed by atoms with van der Waals surface area (Å²) < 4.78 is 0. The highest BCUT2D eigenvalue weighted by Crippen LogP contribution is 2.29. The number of rotatable bonds is 2. The minimum absolute atomic E-state index is 0.571. The van der Waals surface area contributed by atoms with E-state index in [0.717, 1.165) is 18.9 Å². The molecule has 1 aromatic rings. The standard InChI is InChI=1S/C13H21N3S/c1-9-4-5-15-13(12(9)6-14)16-7-10(2)17-11(3)8-16/h4-5,10-11H,6-8,14H2,1-3H3. The van der Waals surface area contributed by atoms with Gasteiger partial charge in [-0.25, -0.2) is 4.98 Å². The van der Waals surface area contributed by atoms with Crippen molar-refractivity contribution in [2.24, 2.45) is 5.73 Å². The summed E-state index contributed by atoms with van der Waals surface area (Å²) in [6.45, 7) is 9.38. The summed E-state index contributed by atoms with van der Waals surface area (Å²) in [6.07, 6.45) is 1.89. The molecule has 1 aliphatic rings. The van der Waals surface area contributed by atoms with Crippen LogP contribution in [0.5, 0.6) is 0 Å². The normalized spacial score (nSPS) is 25.1. The monoisotopic (exact) mass is 251 g/mol. The van der Waals surface area contributed by atoms with Gasteiger partial charge in [-0.2, -0.15) is 11.8 Å². The van der Waals surface area contributed by atoms with Gasteiger partial charge in [0.25, 0.3) is 0 Å². The largest absolute Gasteiger partial charge is 0.354 e. The van der Waals surface area contributed by atoms with E-state index < -0.39 is 0 Å².